The number of alkyl halides is 3. The van der Waals surface area contributed by atoms with Crippen LogP contribution in [0, 0.1) is 0 Å². The van der Waals surface area contributed by atoms with Crippen LogP contribution in [0.3, 0.4) is 0 Å². The van der Waals surface area contributed by atoms with Crippen molar-refractivity contribution in [3.63, 3.8) is 0 Å². The molecular weight excluding hydrogens is 723 g/mol. The molecule has 5 aromatic rings. The Balaban J connectivity index is 0.000000695. The Morgan fingerprint density at radius 1 is 0.964 bits per heavy atom. The molecule has 10 nitrogen and oxygen atoms in total. The fraction of sp³-hybridized carbons (Fsp3) is 0.326. The summed E-state index contributed by atoms with van der Waals surface area (Å²) in [5.41, 5.74) is 7.55. The number of fused-ring (bicyclic) bond motifs is 6. The minimum atomic E-state index is -5.19. The largest absolute Gasteiger partial charge is 0.542 e. The fourth-order valence-corrected chi connectivity index (χ4v) is 7.54. The lowest BCUT2D eigenvalue weighted by atomic mass is 9.71. The number of hydrogen-bond donors (Lipinski definition) is 3. The van der Waals surface area contributed by atoms with E-state index >= 15 is 0 Å². The molecule has 292 valence electrons. The molecule has 0 saturated carbocycles. The number of carbonyl (C=O) groups is 3. The number of nitrogens with zero attached hydrogens (tertiary/aromatic N) is 2. The predicted octanol–water partition coefficient (Wildman–Crippen LogP) is 3.87. The summed E-state index contributed by atoms with van der Waals surface area (Å²) in [7, 11) is 4.16. The molecule has 0 radical (unpaired) electrons. The van der Waals surface area contributed by atoms with Crippen molar-refractivity contribution in [3.05, 3.63) is 116 Å². The van der Waals surface area contributed by atoms with E-state index < -0.39 is 18.2 Å². The first-order valence-electron chi connectivity index (χ1n) is 18.5. The van der Waals surface area contributed by atoms with Crippen LogP contribution >= 0.6 is 0 Å². The van der Waals surface area contributed by atoms with Gasteiger partial charge in [-0.2, -0.15) is 13.2 Å². The van der Waals surface area contributed by atoms with Gasteiger partial charge in [0.2, 0.25) is 17.2 Å². The Morgan fingerprint density at radius 3 is 2.38 bits per heavy atom. The highest BCUT2D eigenvalue weighted by Gasteiger charge is 2.32. The molecule has 1 atom stereocenters. The van der Waals surface area contributed by atoms with Crippen LogP contribution in [-0.2, 0) is 26.2 Å². The first kappa shape index (κ1) is 39.7. The second-order valence-corrected chi connectivity index (χ2v) is 15.0. The smallest absolute Gasteiger partial charge is 0.430 e. The van der Waals surface area contributed by atoms with Crippen LogP contribution in [0.2, 0.25) is 0 Å². The highest BCUT2D eigenvalue weighted by atomic mass is 19.4. The van der Waals surface area contributed by atoms with E-state index in [0.717, 1.165) is 36.7 Å². The zero-order chi connectivity index (χ0) is 40.5. The minimum Gasteiger partial charge on any atom is -0.542 e. The number of H-pyrrole nitrogens is 1. The number of aromatic nitrogens is 1. The second kappa shape index (κ2) is 15.6. The number of carboxylic acids is 1. The number of carbonyl (C=O) groups excluding carboxylic acids is 3. The molecule has 1 unspecified atom stereocenters. The second-order valence-electron chi connectivity index (χ2n) is 15.0. The lowest BCUT2D eigenvalue weighted by molar-refractivity contribution is -0.344. The molecule has 2 amide bonds. The van der Waals surface area contributed by atoms with E-state index in [1.807, 2.05) is 24.3 Å². The van der Waals surface area contributed by atoms with Crippen molar-refractivity contribution in [1.82, 2.24) is 14.9 Å². The van der Waals surface area contributed by atoms with E-state index in [0.29, 0.717) is 29.4 Å². The van der Waals surface area contributed by atoms with Gasteiger partial charge in [0, 0.05) is 78.1 Å². The molecule has 1 aliphatic heterocycles. The molecule has 7 rings (SSSR count). The van der Waals surface area contributed by atoms with Gasteiger partial charge in [0.1, 0.15) is 25.1 Å². The summed E-state index contributed by atoms with van der Waals surface area (Å²) in [5.74, 6) is -3.45. The Kier molecular flexibility index (Phi) is 11.1. The predicted molar refractivity (Wildman–Crippen MR) is 210 cm³/mol. The third kappa shape index (κ3) is 8.31. The van der Waals surface area contributed by atoms with E-state index in [4.69, 9.17) is 9.90 Å². The Morgan fingerprint density at radius 2 is 1.68 bits per heavy atom. The molecule has 2 heterocycles. The first-order valence-corrected chi connectivity index (χ1v) is 18.5. The third-order valence-electron chi connectivity index (χ3n) is 10.5. The van der Waals surface area contributed by atoms with Crippen molar-refractivity contribution in [2.45, 2.75) is 64.1 Å². The van der Waals surface area contributed by atoms with Gasteiger partial charge in [0.25, 0.3) is 5.56 Å². The number of aryl methyl sites for hydroxylation is 1. The summed E-state index contributed by atoms with van der Waals surface area (Å²) in [6.07, 6.45) is 0.307. The van der Waals surface area contributed by atoms with Gasteiger partial charge in [-0.3, -0.25) is 14.4 Å². The van der Waals surface area contributed by atoms with Gasteiger partial charge >= 0.3 is 6.18 Å². The van der Waals surface area contributed by atoms with E-state index in [1.165, 1.54) is 38.5 Å². The van der Waals surface area contributed by atoms with E-state index in [2.05, 4.69) is 89.4 Å². The highest BCUT2D eigenvalue weighted by Crippen LogP contribution is 2.37. The molecule has 4 aromatic carbocycles. The molecule has 3 N–H and O–H groups in total. The van der Waals surface area contributed by atoms with Gasteiger partial charge in [-0.05, 0) is 89.2 Å². The Labute approximate surface area is 321 Å². The molecule has 56 heavy (non-hydrogen) atoms. The summed E-state index contributed by atoms with van der Waals surface area (Å²) < 4.78 is 34.0. The van der Waals surface area contributed by atoms with Gasteiger partial charge < -0.3 is 30.4 Å². The summed E-state index contributed by atoms with van der Waals surface area (Å²) in [6, 6.07) is 23.6. The Hall–Kier alpha value is -5.98. The van der Waals surface area contributed by atoms with Crippen LogP contribution in [0.1, 0.15) is 62.3 Å². The van der Waals surface area contributed by atoms with Crippen molar-refractivity contribution >= 4 is 56.9 Å². The van der Waals surface area contributed by atoms with Crippen molar-refractivity contribution < 1.29 is 32.7 Å². The number of anilines is 2. The standard InChI is InChI=1S/C41H43N5O3.C2HF3O2/c1-25(39(48)43-29-15-17-36-33(22-29)31-11-6-7-12-32(31)40(49)44-36)42-38(47)13-9-19-46-18-8-10-27-21-28-20-26-14-16-30(45(4)5)23-34(26)41(2,3)35(28)24-37(27)46;3-2(4,5)1(6)7/h6-7,11-12,14-17,20-25H,8-10,13,18-19H2,1-5H3,(H2-,42,43,44,47,48,49);(H,6,7). The maximum absolute atomic E-state index is 13.1. The molecule has 1 aromatic heterocycles. The third-order valence-corrected chi connectivity index (χ3v) is 10.5. The molecule has 0 saturated heterocycles. The van der Waals surface area contributed by atoms with Crippen molar-refractivity contribution in [3.8, 4) is 0 Å². The lowest BCUT2D eigenvalue weighted by Gasteiger charge is -2.33. The number of pyridine rings is 1. The molecule has 2 aliphatic rings. The minimum absolute atomic E-state index is 0.139. The van der Waals surface area contributed by atoms with Crippen molar-refractivity contribution in [2.75, 3.05) is 37.4 Å². The molecule has 0 fully saturated rings. The quantitative estimate of drug-likeness (QED) is 0.162. The summed E-state index contributed by atoms with van der Waals surface area (Å²) in [5, 5.41) is 19.4. The average Bonchev–Trinajstić information content (AvgIpc) is 3.14. The van der Waals surface area contributed by atoms with Crippen molar-refractivity contribution in [1.29, 1.82) is 0 Å². The fourth-order valence-electron chi connectivity index (χ4n) is 7.54. The SMILES string of the molecule is CC(NC(=O)CCC[N+]1=c2cc3c(cc2CCC1)=Cc1ccc(N(C)C)cc1C3(C)C)C(=O)Nc1ccc2[nH]c(=O)c3ccccc3c2c1.O=C([O-])C(F)(F)F. The number of aliphatic carboxylic acids is 1. The number of rotatable bonds is 8. The topological polar surface area (TPSA) is 137 Å². The van der Waals surface area contributed by atoms with Crippen molar-refractivity contribution in [2.24, 2.45) is 0 Å². The number of carboxylic acid groups (broad SMARTS) is 1. The zero-order valence-electron chi connectivity index (χ0n) is 31.9. The van der Waals surface area contributed by atoms with E-state index in [1.54, 1.807) is 25.1 Å². The maximum atomic E-state index is 13.1. The summed E-state index contributed by atoms with van der Waals surface area (Å²) >= 11 is 0. The molecule has 0 bridgehead atoms. The number of nitrogens with one attached hydrogen (secondary N) is 3. The molecular formula is C43H44F3N5O5. The zero-order valence-corrected chi connectivity index (χ0v) is 31.9. The van der Waals surface area contributed by atoms with E-state index in [-0.39, 0.29) is 22.8 Å². The van der Waals surface area contributed by atoms with Gasteiger partial charge in [0.15, 0.2) is 0 Å². The van der Waals surface area contributed by atoms with Crippen LogP contribution < -0.4 is 41.4 Å². The van der Waals surface area contributed by atoms with Gasteiger partial charge in [-0.25, -0.2) is 4.58 Å². The normalized spacial score (nSPS) is 14.6. The number of hydrogen-bond acceptors (Lipinski definition) is 6. The number of amides is 2. The van der Waals surface area contributed by atoms with Crippen LogP contribution in [0.4, 0.5) is 24.5 Å². The summed E-state index contributed by atoms with van der Waals surface area (Å²) in [4.78, 5) is 52.3. The summed E-state index contributed by atoms with van der Waals surface area (Å²) in [6.45, 7) is 8.08. The molecule has 0 spiro atoms. The monoisotopic (exact) mass is 767 g/mol. The lowest BCUT2D eigenvalue weighted by Crippen LogP contribution is -2.43. The van der Waals surface area contributed by atoms with Gasteiger partial charge in [-0.15, -0.1) is 0 Å². The average molecular weight is 768 g/mol. The molecule has 13 heteroatoms. The van der Waals surface area contributed by atoms with Crippen LogP contribution in [0.15, 0.2) is 77.6 Å². The van der Waals surface area contributed by atoms with Gasteiger partial charge in [-0.1, -0.05) is 38.1 Å². The van der Waals surface area contributed by atoms with Crippen LogP contribution in [0.25, 0.3) is 27.8 Å². The molecule has 1 aliphatic carbocycles. The van der Waals surface area contributed by atoms with Crippen LogP contribution in [-0.4, -0.2) is 62.2 Å². The van der Waals surface area contributed by atoms with Gasteiger partial charge in [0.05, 0.1) is 0 Å². The maximum Gasteiger partial charge on any atom is 0.430 e. The highest BCUT2D eigenvalue weighted by molar-refractivity contribution is 6.07. The number of benzene rings is 4. The Bertz CT molecular complexity index is 2560. The number of aromatic amines is 1. The first-order chi connectivity index (χ1) is 26.4. The van der Waals surface area contributed by atoms with E-state index in [9.17, 15) is 27.6 Å². The number of halogens is 3. The van der Waals surface area contributed by atoms with Crippen LogP contribution in [0.5, 0.6) is 0 Å².